The first-order valence-electron chi connectivity index (χ1n) is 5.60. The van der Waals surface area contributed by atoms with E-state index in [4.69, 9.17) is 16.0 Å². The van der Waals surface area contributed by atoms with Gasteiger partial charge in [0.1, 0.15) is 12.7 Å². The fraction of sp³-hybridized carbons (Fsp3) is 0. The van der Waals surface area contributed by atoms with Crippen molar-refractivity contribution in [3.63, 3.8) is 0 Å². The molecule has 1 amide bonds. The molecule has 3 rings (SSSR count). The molecule has 0 unspecified atom stereocenters. The van der Waals surface area contributed by atoms with Crippen molar-refractivity contribution in [3.05, 3.63) is 54.1 Å². The number of pyridine rings is 1. The summed E-state index contributed by atoms with van der Waals surface area (Å²) in [6.07, 6.45) is 5.81. The summed E-state index contributed by atoms with van der Waals surface area (Å²) < 4.78 is 6.34. The monoisotopic (exact) mass is 289 g/mol. The number of nitrogens with one attached hydrogen (secondary N) is 1. The normalized spacial score (nSPS) is 10.4. The lowest BCUT2D eigenvalue weighted by Gasteiger charge is -2.08. The minimum atomic E-state index is -0.391. The third-order valence-corrected chi connectivity index (χ3v) is 2.83. The second-order valence-corrected chi connectivity index (χ2v) is 4.12. The Morgan fingerprint density at radius 3 is 3.00 bits per heavy atom. The number of nitrogens with zero attached hydrogens (tertiary/aromatic N) is 4. The summed E-state index contributed by atoms with van der Waals surface area (Å²) in [6.45, 7) is 0. The van der Waals surface area contributed by atoms with Gasteiger partial charge in [0.15, 0.2) is 5.82 Å². The van der Waals surface area contributed by atoms with Crippen molar-refractivity contribution < 1.29 is 9.21 Å². The largest absolute Gasteiger partial charge is 0.452 e. The maximum Gasteiger partial charge on any atom is 0.260 e. The first-order valence-corrected chi connectivity index (χ1v) is 5.98. The molecule has 0 fully saturated rings. The Morgan fingerprint density at radius 1 is 1.40 bits per heavy atom. The van der Waals surface area contributed by atoms with E-state index < -0.39 is 5.91 Å². The fourth-order valence-corrected chi connectivity index (χ4v) is 1.84. The highest BCUT2D eigenvalue weighted by molar-refractivity contribution is 6.32. The zero-order valence-electron chi connectivity index (χ0n) is 10.0. The Kier molecular flexibility index (Phi) is 3.18. The quantitative estimate of drug-likeness (QED) is 0.798. The van der Waals surface area contributed by atoms with Gasteiger partial charge in [0.25, 0.3) is 5.91 Å². The van der Waals surface area contributed by atoms with Gasteiger partial charge in [-0.15, -0.1) is 0 Å². The van der Waals surface area contributed by atoms with Crippen molar-refractivity contribution in [2.75, 3.05) is 5.32 Å². The number of anilines is 1. The van der Waals surface area contributed by atoms with E-state index >= 15 is 0 Å². The van der Waals surface area contributed by atoms with E-state index in [0.717, 1.165) is 0 Å². The Bertz CT molecular complexity index is 738. The molecule has 8 heteroatoms. The molecule has 3 heterocycles. The summed E-state index contributed by atoms with van der Waals surface area (Å²) in [6, 6.07) is 4.89. The number of furan rings is 1. The second kappa shape index (κ2) is 5.14. The molecule has 3 aromatic rings. The van der Waals surface area contributed by atoms with Gasteiger partial charge in [-0.2, -0.15) is 5.10 Å². The van der Waals surface area contributed by atoms with Crippen molar-refractivity contribution in [2.45, 2.75) is 0 Å². The smallest absolute Gasteiger partial charge is 0.260 e. The predicted octanol–water partition coefficient (Wildman–Crippen LogP) is 2.16. The van der Waals surface area contributed by atoms with Crippen LogP contribution >= 0.6 is 11.6 Å². The number of amides is 1. The average Bonchev–Trinajstić information content (AvgIpc) is 3.10. The molecule has 0 aliphatic heterocycles. The highest BCUT2D eigenvalue weighted by Gasteiger charge is 2.15. The predicted molar refractivity (Wildman–Crippen MR) is 70.8 cm³/mol. The zero-order valence-corrected chi connectivity index (χ0v) is 10.8. The lowest BCUT2D eigenvalue weighted by atomic mass is 10.3. The summed E-state index contributed by atoms with van der Waals surface area (Å²) >= 11 is 5.77. The maximum absolute atomic E-state index is 12.1. The number of aromatic nitrogens is 4. The Labute approximate surface area is 118 Å². The van der Waals surface area contributed by atoms with Crippen LogP contribution in [0.4, 0.5) is 5.69 Å². The third-order valence-electron chi connectivity index (χ3n) is 2.53. The summed E-state index contributed by atoms with van der Waals surface area (Å²) in [5.74, 6) is 0.0658. The molecule has 0 spiro atoms. The number of halogens is 1. The lowest BCUT2D eigenvalue weighted by Crippen LogP contribution is -2.14. The Balaban J connectivity index is 1.92. The summed E-state index contributed by atoms with van der Waals surface area (Å²) in [5, 5.41) is 6.73. The number of rotatable bonds is 3. The van der Waals surface area contributed by atoms with Crippen LogP contribution in [-0.4, -0.2) is 25.7 Å². The van der Waals surface area contributed by atoms with Crippen LogP contribution in [0.1, 0.15) is 10.4 Å². The minimum Gasteiger partial charge on any atom is -0.452 e. The standard InChI is InChI=1S/C12H8ClN5O2/c13-10-8(3-5-20-10)12(19)17-9-2-1-4-15-11(9)18-7-14-6-16-18/h1-7H,(H,17,19). The van der Waals surface area contributed by atoms with Crippen molar-refractivity contribution in [2.24, 2.45) is 0 Å². The maximum atomic E-state index is 12.1. The highest BCUT2D eigenvalue weighted by atomic mass is 35.5. The molecular weight excluding hydrogens is 282 g/mol. The van der Waals surface area contributed by atoms with E-state index in [0.29, 0.717) is 11.5 Å². The van der Waals surface area contributed by atoms with Crippen molar-refractivity contribution >= 4 is 23.2 Å². The second-order valence-electron chi connectivity index (χ2n) is 3.78. The van der Waals surface area contributed by atoms with Crippen LogP contribution in [0.15, 0.2) is 47.7 Å². The van der Waals surface area contributed by atoms with Gasteiger partial charge in [-0.25, -0.2) is 14.6 Å². The third kappa shape index (κ3) is 2.26. The van der Waals surface area contributed by atoms with Crippen LogP contribution in [-0.2, 0) is 0 Å². The summed E-state index contributed by atoms with van der Waals surface area (Å²) in [5.41, 5.74) is 0.736. The van der Waals surface area contributed by atoms with Gasteiger partial charge < -0.3 is 9.73 Å². The molecule has 20 heavy (non-hydrogen) atoms. The molecule has 100 valence electrons. The van der Waals surface area contributed by atoms with Gasteiger partial charge in [-0.3, -0.25) is 4.79 Å². The molecule has 0 aliphatic carbocycles. The van der Waals surface area contributed by atoms with Crippen LogP contribution in [0.2, 0.25) is 5.22 Å². The first kappa shape index (κ1) is 12.4. The van der Waals surface area contributed by atoms with Gasteiger partial charge >= 0.3 is 0 Å². The van der Waals surface area contributed by atoms with Crippen LogP contribution in [0.3, 0.4) is 0 Å². The number of carbonyl (C=O) groups excluding carboxylic acids is 1. The fourth-order valence-electron chi connectivity index (χ4n) is 1.64. The van der Waals surface area contributed by atoms with E-state index in [2.05, 4.69) is 20.4 Å². The number of carbonyl (C=O) groups is 1. The summed E-state index contributed by atoms with van der Waals surface area (Å²) in [4.78, 5) is 20.1. The Hall–Kier alpha value is -2.67. The van der Waals surface area contributed by atoms with Gasteiger partial charge in [0.05, 0.1) is 17.5 Å². The van der Waals surface area contributed by atoms with Gasteiger partial charge in [-0.1, -0.05) is 0 Å². The Morgan fingerprint density at radius 2 is 2.30 bits per heavy atom. The van der Waals surface area contributed by atoms with E-state index in [-0.39, 0.29) is 10.8 Å². The minimum absolute atomic E-state index is 0.0358. The molecular formula is C12H8ClN5O2. The topological polar surface area (TPSA) is 85.8 Å². The number of hydrogen-bond acceptors (Lipinski definition) is 5. The first-order chi connectivity index (χ1) is 9.75. The molecule has 0 atom stereocenters. The molecule has 3 aromatic heterocycles. The summed E-state index contributed by atoms with van der Waals surface area (Å²) in [7, 11) is 0. The van der Waals surface area contributed by atoms with Crippen LogP contribution in [0.5, 0.6) is 0 Å². The van der Waals surface area contributed by atoms with Crippen LogP contribution in [0.25, 0.3) is 5.82 Å². The van der Waals surface area contributed by atoms with E-state index in [1.807, 2.05) is 0 Å². The van der Waals surface area contributed by atoms with Gasteiger partial charge in [-0.05, 0) is 29.8 Å². The van der Waals surface area contributed by atoms with E-state index in [1.54, 1.807) is 18.3 Å². The molecule has 0 saturated carbocycles. The SMILES string of the molecule is O=C(Nc1cccnc1-n1cncn1)c1ccoc1Cl. The molecule has 1 N–H and O–H groups in total. The van der Waals surface area contributed by atoms with Gasteiger partial charge in [0.2, 0.25) is 5.22 Å². The van der Waals surface area contributed by atoms with E-state index in [9.17, 15) is 4.79 Å². The van der Waals surface area contributed by atoms with Gasteiger partial charge in [0, 0.05) is 6.20 Å². The van der Waals surface area contributed by atoms with Crippen molar-refractivity contribution in [1.29, 1.82) is 0 Å². The molecule has 0 saturated heterocycles. The lowest BCUT2D eigenvalue weighted by molar-refractivity contribution is 0.102. The molecule has 0 radical (unpaired) electrons. The highest BCUT2D eigenvalue weighted by Crippen LogP contribution is 2.21. The number of hydrogen-bond donors (Lipinski definition) is 1. The molecule has 0 bridgehead atoms. The molecule has 0 aromatic carbocycles. The average molecular weight is 290 g/mol. The van der Waals surface area contributed by atoms with E-state index in [1.165, 1.54) is 29.7 Å². The molecule has 7 nitrogen and oxygen atoms in total. The van der Waals surface area contributed by atoms with Crippen LogP contribution < -0.4 is 5.32 Å². The van der Waals surface area contributed by atoms with Crippen LogP contribution in [0, 0.1) is 0 Å². The zero-order chi connectivity index (χ0) is 13.9. The van der Waals surface area contributed by atoms with Crippen molar-refractivity contribution in [3.8, 4) is 5.82 Å². The molecule has 0 aliphatic rings. The van der Waals surface area contributed by atoms with Crippen molar-refractivity contribution in [1.82, 2.24) is 19.7 Å².